The summed E-state index contributed by atoms with van der Waals surface area (Å²) in [6.45, 7) is 7.45. The van der Waals surface area contributed by atoms with Gasteiger partial charge in [0.25, 0.3) is 0 Å². The molecule has 0 radical (unpaired) electrons. The van der Waals surface area contributed by atoms with E-state index < -0.39 is 0 Å². The Balaban J connectivity index is 1.52. The van der Waals surface area contributed by atoms with Crippen molar-refractivity contribution in [3.05, 3.63) is 42.0 Å². The predicted octanol–water partition coefficient (Wildman–Crippen LogP) is 2.87. The average Bonchev–Trinajstić information content (AvgIpc) is 3.12. The van der Waals surface area contributed by atoms with Gasteiger partial charge in [0.15, 0.2) is 5.96 Å². The van der Waals surface area contributed by atoms with Crippen molar-refractivity contribution in [1.29, 1.82) is 0 Å². The first-order chi connectivity index (χ1) is 11.3. The molecule has 4 nitrogen and oxygen atoms in total. The van der Waals surface area contributed by atoms with E-state index in [1.54, 1.807) is 0 Å². The summed E-state index contributed by atoms with van der Waals surface area (Å²) >= 11 is 0. The Hall–Kier alpha value is -1.97. The number of aliphatic imine (C=N–C) groups is 1. The molecule has 1 aromatic rings. The smallest absolute Gasteiger partial charge is 0.193 e. The van der Waals surface area contributed by atoms with Crippen molar-refractivity contribution in [2.45, 2.75) is 26.3 Å². The van der Waals surface area contributed by atoms with Gasteiger partial charge in [-0.1, -0.05) is 31.2 Å². The van der Waals surface area contributed by atoms with E-state index in [2.05, 4.69) is 63.5 Å². The third-order valence-electron chi connectivity index (χ3n) is 4.87. The van der Waals surface area contributed by atoms with Crippen molar-refractivity contribution in [2.75, 3.05) is 38.1 Å². The van der Waals surface area contributed by atoms with Gasteiger partial charge in [0, 0.05) is 45.5 Å². The van der Waals surface area contributed by atoms with Gasteiger partial charge in [0.1, 0.15) is 0 Å². The van der Waals surface area contributed by atoms with E-state index in [9.17, 15) is 0 Å². The topological polar surface area (TPSA) is 30.9 Å². The Morgan fingerprint density at radius 3 is 2.39 bits per heavy atom. The molecule has 0 spiro atoms. The fourth-order valence-corrected chi connectivity index (χ4v) is 3.25. The fourth-order valence-electron chi connectivity index (χ4n) is 3.25. The van der Waals surface area contributed by atoms with Crippen LogP contribution in [-0.2, 0) is 6.54 Å². The van der Waals surface area contributed by atoms with Gasteiger partial charge < -0.3 is 15.1 Å². The molecule has 2 aliphatic rings. The van der Waals surface area contributed by atoms with Gasteiger partial charge in [-0.25, -0.2) is 0 Å². The first-order valence-electron chi connectivity index (χ1n) is 8.71. The number of hydrogen-bond acceptors (Lipinski definition) is 2. The van der Waals surface area contributed by atoms with Crippen molar-refractivity contribution < 1.29 is 0 Å². The molecular formula is C19H28N4. The molecule has 2 heterocycles. The van der Waals surface area contributed by atoms with Gasteiger partial charge in [-0.05, 0) is 36.5 Å². The maximum Gasteiger partial charge on any atom is 0.193 e. The fraction of sp³-hybridized carbons (Fsp3) is 0.526. The highest BCUT2D eigenvalue weighted by molar-refractivity contribution is 5.80. The molecular weight excluding hydrogens is 284 g/mol. The molecule has 1 N–H and O–H groups in total. The van der Waals surface area contributed by atoms with Crippen LogP contribution in [0, 0.1) is 5.92 Å². The standard InChI is InChI=1S/C19H28N4/c1-16-9-13-23(14-10-16)19(20-2)21-15-17-5-7-18(8-6-17)22-11-3-4-12-22/h3-8,16H,9-15H2,1-2H3,(H,20,21). The van der Waals surface area contributed by atoms with Crippen molar-refractivity contribution >= 4 is 11.6 Å². The predicted molar refractivity (Wildman–Crippen MR) is 98.0 cm³/mol. The molecule has 0 unspecified atom stereocenters. The molecule has 3 rings (SSSR count). The minimum Gasteiger partial charge on any atom is -0.364 e. The van der Waals surface area contributed by atoms with Gasteiger partial charge in [0.2, 0.25) is 0 Å². The maximum absolute atomic E-state index is 4.45. The molecule has 0 atom stereocenters. The van der Waals surface area contributed by atoms with Crippen LogP contribution in [0.3, 0.4) is 0 Å². The Labute approximate surface area is 139 Å². The lowest BCUT2D eigenvalue weighted by atomic mass is 9.99. The summed E-state index contributed by atoms with van der Waals surface area (Å²) in [7, 11) is 1.88. The second-order valence-electron chi connectivity index (χ2n) is 6.61. The largest absolute Gasteiger partial charge is 0.364 e. The van der Waals surface area contributed by atoms with Crippen LogP contribution in [0.15, 0.2) is 41.4 Å². The third-order valence-corrected chi connectivity index (χ3v) is 4.87. The lowest BCUT2D eigenvalue weighted by Gasteiger charge is -2.33. The van der Waals surface area contributed by atoms with Crippen LogP contribution < -0.4 is 10.2 Å². The number of likely N-dealkylation sites (tertiary alicyclic amines) is 1. The summed E-state index contributed by atoms with van der Waals surface area (Å²) in [5.41, 5.74) is 2.60. The molecule has 1 aromatic carbocycles. The van der Waals surface area contributed by atoms with Crippen molar-refractivity contribution in [2.24, 2.45) is 10.9 Å². The van der Waals surface area contributed by atoms with Crippen LogP contribution >= 0.6 is 0 Å². The quantitative estimate of drug-likeness (QED) is 0.529. The van der Waals surface area contributed by atoms with Crippen molar-refractivity contribution in [1.82, 2.24) is 10.2 Å². The summed E-state index contributed by atoms with van der Waals surface area (Å²) in [5.74, 6) is 1.88. The van der Waals surface area contributed by atoms with E-state index >= 15 is 0 Å². The molecule has 124 valence electrons. The zero-order chi connectivity index (χ0) is 16.1. The van der Waals surface area contributed by atoms with E-state index in [0.29, 0.717) is 0 Å². The summed E-state index contributed by atoms with van der Waals surface area (Å²) in [4.78, 5) is 9.19. The average molecular weight is 312 g/mol. The number of guanidine groups is 1. The second-order valence-corrected chi connectivity index (χ2v) is 6.61. The summed E-state index contributed by atoms with van der Waals surface area (Å²) in [6.07, 6.45) is 6.97. The highest BCUT2D eigenvalue weighted by atomic mass is 15.3. The van der Waals surface area contributed by atoms with Crippen LogP contribution in [0.5, 0.6) is 0 Å². The maximum atomic E-state index is 4.45. The molecule has 4 heteroatoms. The highest BCUT2D eigenvalue weighted by Gasteiger charge is 2.18. The molecule has 1 saturated heterocycles. The number of anilines is 1. The molecule has 1 fully saturated rings. The number of hydrogen-bond donors (Lipinski definition) is 1. The molecule has 2 aliphatic heterocycles. The molecule has 0 aliphatic carbocycles. The number of nitrogens with zero attached hydrogens (tertiary/aromatic N) is 3. The Morgan fingerprint density at radius 1 is 1.13 bits per heavy atom. The Morgan fingerprint density at radius 2 is 1.78 bits per heavy atom. The SMILES string of the molecule is CN=C(NCc1ccc(N2CC=CC2)cc1)N1CCC(C)CC1. The van der Waals surface area contributed by atoms with E-state index in [1.807, 2.05) is 7.05 Å². The van der Waals surface area contributed by atoms with Gasteiger partial charge in [0.05, 0.1) is 0 Å². The summed E-state index contributed by atoms with van der Waals surface area (Å²) in [5, 5.41) is 3.51. The van der Waals surface area contributed by atoms with Crippen LogP contribution in [0.1, 0.15) is 25.3 Å². The van der Waals surface area contributed by atoms with Gasteiger partial charge >= 0.3 is 0 Å². The zero-order valence-corrected chi connectivity index (χ0v) is 14.3. The van der Waals surface area contributed by atoms with Crippen LogP contribution in [0.2, 0.25) is 0 Å². The monoisotopic (exact) mass is 312 g/mol. The third kappa shape index (κ3) is 4.06. The molecule has 23 heavy (non-hydrogen) atoms. The van der Waals surface area contributed by atoms with E-state index in [1.165, 1.54) is 24.1 Å². The molecule has 0 amide bonds. The minimum absolute atomic E-state index is 0.831. The van der Waals surface area contributed by atoms with Crippen LogP contribution in [-0.4, -0.2) is 44.1 Å². The van der Waals surface area contributed by atoms with Gasteiger partial charge in [-0.15, -0.1) is 0 Å². The van der Waals surface area contributed by atoms with Gasteiger partial charge in [-0.2, -0.15) is 0 Å². The van der Waals surface area contributed by atoms with E-state index in [-0.39, 0.29) is 0 Å². The van der Waals surface area contributed by atoms with Crippen LogP contribution in [0.4, 0.5) is 5.69 Å². The number of benzene rings is 1. The lowest BCUT2D eigenvalue weighted by Crippen LogP contribution is -2.45. The lowest BCUT2D eigenvalue weighted by molar-refractivity contribution is 0.273. The van der Waals surface area contributed by atoms with Crippen LogP contribution in [0.25, 0.3) is 0 Å². The second kappa shape index (κ2) is 7.53. The number of nitrogens with one attached hydrogen (secondary N) is 1. The highest BCUT2D eigenvalue weighted by Crippen LogP contribution is 2.18. The summed E-state index contributed by atoms with van der Waals surface area (Å²) in [6, 6.07) is 8.86. The minimum atomic E-state index is 0.831. The number of rotatable bonds is 3. The Kier molecular flexibility index (Phi) is 5.21. The first kappa shape index (κ1) is 15.9. The van der Waals surface area contributed by atoms with Crippen molar-refractivity contribution in [3.8, 4) is 0 Å². The molecule has 0 saturated carbocycles. The zero-order valence-electron chi connectivity index (χ0n) is 14.3. The van der Waals surface area contributed by atoms with Crippen molar-refractivity contribution in [3.63, 3.8) is 0 Å². The van der Waals surface area contributed by atoms with Gasteiger partial charge in [-0.3, -0.25) is 4.99 Å². The normalized spacial score (nSPS) is 19.5. The summed E-state index contributed by atoms with van der Waals surface area (Å²) < 4.78 is 0. The molecule has 0 bridgehead atoms. The number of piperidine rings is 1. The Bertz CT molecular complexity index is 545. The van der Waals surface area contributed by atoms with E-state index in [0.717, 1.165) is 44.6 Å². The van der Waals surface area contributed by atoms with E-state index in [4.69, 9.17) is 0 Å². The first-order valence-corrected chi connectivity index (χ1v) is 8.71. The molecule has 0 aromatic heterocycles.